The molecule has 2 N–H and O–H groups in total. The Balaban J connectivity index is 1.53. The fourth-order valence-corrected chi connectivity index (χ4v) is 3.71. The van der Waals surface area contributed by atoms with Gasteiger partial charge in [0.25, 0.3) is 0 Å². The fraction of sp³-hybridized carbons (Fsp3) is 0.619. The van der Waals surface area contributed by atoms with Crippen molar-refractivity contribution >= 4 is 11.9 Å². The van der Waals surface area contributed by atoms with Crippen molar-refractivity contribution in [3.63, 3.8) is 0 Å². The molecular formula is C21H32F2N6O. The van der Waals surface area contributed by atoms with Gasteiger partial charge in [-0.15, -0.1) is 0 Å². The molecule has 1 saturated carbocycles. The van der Waals surface area contributed by atoms with Gasteiger partial charge in [-0.1, -0.05) is 6.07 Å². The number of aliphatic imine (C=N–C) groups is 1. The molecule has 1 unspecified atom stereocenters. The Morgan fingerprint density at radius 3 is 2.37 bits per heavy atom. The first kappa shape index (κ1) is 22.4. The maximum Gasteiger partial charge on any atom is 0.234 e. The summed E-state index contributed by atoms with van der Waals surface area (Å²) in [4.78, 5) is 22.4. The minimum absolute atomic E-state index is 0.0527. The number of amides is 1. The number of guanidine groups is 1. The molecule has 0 spiro atoms. The third-order valence-corrected chi connectivity index (χ3v) is 5.60. The van der Waals surface area contributed by atoms with Crippen LogP contribution in [0.3, 0.4) is 0 Å². The molecule has 3 rings (SSSR count). The summed E-state index contributed by atoms with van der Waals surface area (Å²) >= 11 is 0. The number of nitrogens with zero attached hydrogens (tertiary/aromatic N) is 4. The second kappa shape index (κ2) is 10.2. The van der Waals surface area contributed by atoms with Gasteiger partial charge in [0.1, 0.15) is 11.6 Å². The van der Waals surface area contributed by atoms with Crippen LogP contribution < -0.4 is 10.6 Å². The largest absolute Gasteiger partial charge is 0.354 e. The SMILES string of the molecule is CN=C(NCC(c1c(F)cccc1F)N(C)C)N1CCN(CC(=O)NC2CC2)CC1. The van der Waals surface area contributed by atoms with Crippen LogP contribution in [0.2, 0.25) is 0 Å². The van der Waals surface area contributed by atoms with Crippen LogP contribution in [-0.4, -0.2) is 93.0 Å². The van der Waals surface area contributed by atoms with E-state index in [1.165, 1.54) is 18.2 Å². The maximum absolute atomic E-state index is 14.3. The quantitative estimate of drug-likeness (QED) is 0.508. The third-order valence-electron chi connectivity index (χ3n) is 5.60. The normalized spacial score (nSPS) is 19.1. The van der Waals surface area contributed by atoms with E-state index in [1.807, 2.05) is 0 Å². The molecule has 1 saturated heterocycles. The maximum atomic E-state index is 14.3. The summed E-state index contributed by atoms with van der Waals surface area (Å²) in [5.74, 6) is -0.318. The second-order valence-electron chi connectivity index (χ2n) is 8.15. The lowest BCUT2D eigenvalue weighted by atomic mass is 10.0. The molecule has 2 fully saturated rings. The van der Waals surface area contributed by atoms with Gasteiger partial charge >= 0.3 is 0 Å². The summed E-state index contributed by atoms with van der Waals surface area (Å²) in [6.07, 6.45) is 2.18. The number of benzene rings is 1. The average Bonchev–Trinajstić information content (AvgIpc) is 3.51. The predicted octanol–water partition coefficient (Wildman–Crippen LogP) is 1.04. The molecular weight excluding hydrogens is 390 g/mol. The Labute approximate surface area is 177 Å². The summed E-state index contributed by atoms with van der Waals surface area (Å²) in [6.45, 7) is 3.73. The molecule has 1 aromatic carbocycles. The number of halogens is 2. The Kier molecular flexibility index (Phi) is 7.60. The highest BCUT2D eigenvalue weighted by atomic mass is 19.1. The van der Waals surface area contributed by atoms with Gasteiger partial charge in [0.05, 0.1) is 12.6 Å². The zero-order chi connectivity index (χ0) is 21.7. The van der Waals surface area contributed by atoms with E-state index in [4.69, 9.17) is 0 Å². The number of likely N-dealkylation sites (N-methyl/N-ethyl adjacent to an activating group) is 1. The minimum atomic E-state index is -0.552. The molecule has 7 nitrogen and oxygen atoms in total. The van der Waals surface area contributed by atoms with Crippen LogP contribution in [0.4, 0.5) is 8.78 Å². The Hall–Kier alpha value is -2.26. The highest BCUT2D eigenvalue weighted by Crippen LogP contribution is 2.24. The number of rotatable bonds is 7. The second-order valence-corrected chi connectivity index (χ2v) is 8.15. The Bertz CT molecular complexity index is 740. The first-order chi connectivity index (χ1) is 14.4. The predicted molar refractivity (Wildman–Crippen MR) is 113 cm³/mol. The van der Waals surface area contributed by atoms with Crippen LogP contribution in [0.25, 0.3) is 0 Å². The molecule has 166 valence electrons. The van der Waals surface area contributed by atoms with Crippen LogP contribution in [0, 0.1) is 11.6 Å². The van der Waals surface area contributed by atoms with Crippen LogP contribution in [0.5, 0.6) is 0 Å². The van der Waals surface area contributed by atoms with Crippen molar-refractivity contribution in [1.82, 2.24) is 25.3 Å². The van der Waals surface area contributed by atoms with Gasteiger partial charge in [0.15, 0.2) is 5.96 Å². The summed E-state index contributed by atoms with van der Waals surface area (Å²) in [6, 6.07) is 3.84. The van der Waals surface area contributed by atoms with E-state index in [1.54, 1.807) is 26.0 Å². The molecule has 1 aromatic rings. The number of carbonyl (C=O) groups is 1. The van der Waals surface area contributed by atoms with Crippen LogP contribution in [0.1, 0.15) is 24.4 Å². The molecule has 1 aliphatic heterocycles. The van der Waals surface area contributed by atoms with Crippen LogP contribution in [-0.2, 0) is 4.79 Å². The number of hydrogen-bond acceptors (Lipinski definition) is 4. The zero-order valence-electron chi connectivity index (χ0n) is 18.0. The van der Waals surface area contributed by atoms with Gasteiger partial charge < -0.3 is 20.4 Å². The fourth-order valence-electron chi connectivity index (χ4n) is 3.71. The lowest BCUT2D eigenvalue weighted by molar-refractivity contribution is -0.122. The van der Waals surface area contributed by atoms with Crippen molar-refractivity contribution in [2.45, 2.75) is 24.9 Å². The van der Waals surface area contributed by atoms with Gasteiger partial charge in [-0.3, -0.25) is 14.7 Å². The minimum Gasteiger partial charge on any atom is -0.354 e. The van der Waals surface area contributed by atoms with Gasteiger partial charge in [-0.05, 0) is 39.1 Å². The van der Waals surface area contributed by atoms with E-state index < -0.39 is 17.7 Å². The summed E-state index contributed by atoms with van der Waals surface area (Å²) in [5, 5.41) is 6.28. The van der Waals surface area contributed by atoms with Crippen LogP contribution >= 0.6 is 0 Å². The molecule has 0 radical (unpaired) electrons. The molecule has 1 amide bonds. The Morgan fingerprint density at radius 2 is 1.83 bits per heavy atom. The van der Waals surface area contributed by atoms with E-state index in [-0.39, 0.29) is 11.5 Å². The van der Waals surface area contributed by atoms with Gasteiger partial charge in [0.2, 0.25) is 5.91 Å². The van der Waals surface area contributed by atoms with Crippen molar-refractivity contribution in [2.24, 2.45) is 4.99 Å². The average molecular weight is 423 g/mol. The summed E-state index contributed by atoms with van der Waals surface area (Å²) in [5.41, 5.74) is 0.0527. The van der Waals surface area contributed by atoms with Gasteiger partial charge in [-0.25, -0.2) is 8.78 Å². The van der Waals surface area contributed by atoms with Crippen molar-refractivity contribution in [3.05, 3.63) is 35.4 Å². The molecule has 1 atom stereocenters. The summed E-state index contributed by atoms with van der Waals surface area (Å²) in [7, 11) is 5.30. The highest BCUT2D eigenvalue weighted by molar-refractivity contribution is 5.80. The van der Waals surface area contributed by atoms with Crippen molar-refractivity contribution < 1.29 is 13.6 Å². The number of carbonyl (C=O) groups excluding carboxylic acids is 1. The first-order valence-corrected chi connectivity index (χ1v) is 10.5. The van der Waals surface area contributed by atoms with Crippen molar-refractivity contribution in [1.29, 1.82) is 0 Å². The van der Waals surface area contributed by atoms with E-state index in [2.05, 4.69) is 25.4 Å². The number of hydrogen-bond donors (Lipinski definition) is 2. The lowest BCUT2D eigenvalue weighted by Gasteiger charge is -2.37. The Morgan fingerprint density at radius 1 is 1.20 bits per heavy atom. The van der Waals surface area contributed by atoms with Crippen LogP contribution in [0.15, 0.2) is 23.2 Å². The topological polar surface area (TPSA) is 63.2 Å². The lowest BCUT2D eigenvalue weighted by Crippen LogP contribution is -2.54. The van der Waals surface area contributed by atoms with E-state index >= 15 is 0 Å². The van der Waals surface area contributed by atoms with Gasteiger partial charge in [-0.2, -0.15) is 0 Å². The van der Waals surface area contributed by atoms with E-state index in [0.717, 1.165) is 39.0 Å². The monoisotopic (exact) mass is 422 g/mol. The van der Waals surface area contributed by atoms with Crippen molar-refractivity contribution in [2.75, 3.05) is 60.4 Å². The third kappa shape index (κ3) is 5.89. The number of nitrogens with one attached hydrogen (secondary N) is 2. The molecule has 0 bridgehead atoms. The zero-order valence-corrected chi connectivity index (χ0v) is 18.0. The molecule has 1 heterocycles. The molecule has 1 aliphatic carbocycles. The van der Waals surface area contributed by atoms with E-state index in [0.29, 0.717) is 25.1 Å². The molecule has 30 heavy (non-hydrogen) atoms. The van der Waals surface area contributed by atoms with E-state index in [9.17, 15) is 13.6 Å². The molecule has 0 aromatic heterocycles. The highest BCUT2D eigenvalue weighted by Gasteiger charge is 2.27. The molecule has 2 aliphatic rings. The van der Waals surface area contributed by atoms with Gasteiger partial charge in [0, 0.05) is 51.4 Å². The van der Waals surface area contributed by atoms with Crippen molar-refractivity contribution in [3.8, 4) is 0 Å². The molecule has 9 heteroatoms. The summed E-state index contributed by atoms with van der Waals surface area (Å²) < 4.78 is 28.6. The standard InChI is InChI=1S/C21H32F2N6O/c1-24-21(25-13-18(27(2)3)20-16(22)5-4-6-17(20)23)29-11-9-28(10-12-29)14-19(30)26-15-7-8-15/h4-6,15,18H,7-14H2,1-3H3,(H,24,25)(H,26,30). The first-order valence-electron chi connectivity index (χ1n) is 10.5. The number of piperazine rings is 1. The smallest absolute Gasteiger partial charge is 0.234 e.